The summed E-state index contributed by atoms with van der Waals surface area (Å²) >= 11 is 5.44. The third-order valence-corrected chi connectivity index (χ3v) is 2.36. The van der Waals surface area contributed by atoms with Crippen molar-refractivity contribution < 1.29 is 8.78 Å². The molecule has 1 rings (SSSR count). The molecule has 0 saturated heterocycles. The van der Waals surface area contributed by atoms with Gasteiger partial charge >= 0.3 is 0 Å². The first-order valence-corrected chi connectivity index (χ1v) is 4.93. The van der Waals surface area contributed by atoms with Crippen LogP contribution in [0.3, 0.4) is 0 Å². The van der Waals surface area contributed by atoms with Crippen molar-refractivity contribution in [1.29, 1.82) is 0 Å². The van der Waals surface area contributed by atoms with Gasteiger partial charge in [-0.25, -0.2) is 8.78 Å². The Morgan fingerprint density at radius 1 is 1.40 bits per heavy atom. The van der Waals surface area contributed by atoms with Gasteiger partial charge in [0, 0.05) is 18.1 Å². The predicted molar refractivity (Wildman–Crippen MR) is 59.2 cm³/mol. The lowest BCUT2D eigenvalue weighted by Gasteiger charge is -2.08. The van der Waals surface area contributed by atoms with E-state index in [9.17, 15) is 8.78 Å². The quantitative estimate of drug-likeness (QED) is 0.834. The maximum atomic E-state index is 13.3. The van der Waals surface area contributed by atoms with E-state index in [1.807, 2.05) is 0 Å². The Balaban J connectivity index is 2.82. The highest BCUT2D eigenvalue weighted by Gasteiger charge is 2.06. The Morgan fingerprint density at radius 2 is 2.07 bits per heavy atom. The van der Waals surface area contributed by atoms with Crippen LogP contribution in [0.25, 0.3) is 0 Å². The highest BCUT2D eigenvalue weighted by molar-refractivity contribution is 6.25. The number of benzene rings is 1. The van der Waals surface area contributed by atoms with Crippen LogP contribution in [0.1, 0.15) is 12.5 Å². The lowest BCUT2D eigenvalue weighted by Crippen LogP contribution is -2.05. The molecule has 0 bridgehead atoms. The normalized spacial score (nSPS) is 11.7. The van der Waals surface area contributed by atoms with E-state index >= 15 is 0 Å². The van der Waals surface area contributed by atoms with E-state index in [4.69, 9.17) is 11.6 Å². The summed E-state index contributed by atoms with van der Waals surface area (Å²) in [6, 6.07) is 2.31. The van der Waals surface area contributed by atoms with Crippen molar-refractivity contribution in [2.45, 2.75) is 13.8 Å². The molecule has 0 heterocycles. The average Bonchev–Trinajstić information content (AvgIpc) is 2.21. The van der Waals surface area contributed by atoms with E-state index in [-0.39, 0.29) is 5.69 Å². The summed E-state index contributed by atoms with van der Waals surface area (Å²) in [7, 11) is 0. The molecule has 0 aromatic heterocycles. The number of hydrogen-bond donors (Lipinski definition) is 1. The zero-order valence-corrected chi connectivity index (χ0v) is 9.33. The molecule has 1 nitrogen and oxygen atoms in total. The van der Waals surface area contributed by atoms with Gasteiger partial charge in [-0.05, 0) is 31.1 Å². The Bertz CT molecular complexity index is 388. The van der Waals surface area contributed by atoms with Crippen molar-refractivity contribution in [3.8, 4) is 0 Å². The van der Waals surface area contributed by atoms with Crippen LogP contribution in [0.15, 0.2) is 23.2 Å². The highest BCUT2D eigenvalue weighted by atomic mass is 35.5. The molecule has 1 aromatic rings. The molecule has 0 aliphatic carbocycles. The zero-order chi connectivity index (χ0) is 11.4. The smallest absolute Gasteiger partial charge is 0.146 e. The van der Waals surface area contributed by atoms with Crippen LogP contribution < -0.4 is 5.32 Å². The molecular formula is C11H12ClF2N. The van der Waals surface area contributed by atoms with Gasteiger partial charge in [-0.3, -0.25) is 0 Å². The van der Waals surface area contributed by atoms with E-state index in [0.717, 1.165) is 17.7 Å². The minimum absolute atomic E-state index is 0.149. The molecular weight excluding hydrogens is 220 g/mol. The molecule has 1 N–H and O–H groups in total. The molecule has 82 valence electrons. The molecule has 1 aromatic carbocycles. The third kappa shape index (κ3) is 3.20. The van der Waals surface area contributed by atoms with Crippen LogP contribution in [0.5, 0.6) is 0 Å². The second-order valence-electron chi connectivity index (χ2n) is 3.39. The van der Waals surface area contributed by atoms with Crippen LogP contribution in [0.2, 0.25) is 0 Å². The van der Waals surface area contributed by atoms with E-state index in [2.05, 4.69) is 5.32 Å². The summed E-state index contributed by atoms with van der Waals surface area (Å²) in [5.74, 6) is -0.886. The summed E-state index contributed by atoms with van der Waals surface area (Å²) in [5, 5.41) is 2.76. The number of nitrogens with one attached hydrogen (secondary N) is 1. The van der Waals surface area contributed by atoms with E-state index in [0.29, 0.717) is 12.1 Å². The second-order valence-corrected chi connectivity index (χ2v) is 3.61. The fourth-order valence-electron chi connectivity index (χ4n) is 1.05. The molecule has 0 aliphatic rings. The summed E-state index contributed by atoms with van der Waals surface area (Å²) in [5.41, 5.74) is 2.69. The fraction of sp³-hybridized carbons (Fsp3) is 0.273. The van der Waals surface area contributed by atoms with Crippen LogP contribution >= 0.6 is 11.6 Å². The highest BCUT2D eigenvalue weighted by Crippen LogP contribution is 2.18. The third-order valence-electron chi connectivity index (χ3n) is 1.99. The maximum absolute atomic E-state index is 13.3. The lowest BCUT2D eigenvalue weighted by molar-refractivity contribution is 0.595. The van der Waals surface area contributed by atoms with Crippen molar-refractivity contribution >= 4 is 17.3 Å². The fourth-order valence-corrected chi connectivity index (χ4v) is 1.13. The monoisotopic (exact) mass is 231 g/mol. The number of anilines is 1. The van der Waals surface area contributed by atoms with E-state index in [1.54, 1.807) is 6.92 Å². The maximum Gasteiger partial charge on any atom is 0.146 e. The van der Waals surface area contributed by atoms with Crippen molar-refractivity contribution in [2.75, 3.05) is 11.9 Å². The molecule has 4 heteroatoms. The SMILES string of the molecule is C/C(=C/Cl)CNc1cc(F)c(C)cc1F. The molecule has 0 atom stereocenters. The van der Waals surface area contributed by atoms with Gasteiger partial charge in [0.05, 0.1) is 5.69 Å². The van der Waals surface area contributed by atoms with Crippen LogP contribution in [-0.2, 0) is 0 Å². The van der Waals surface area contributed by atoms with Crippen molar-refractivity contribution in [2.24, 2.45) is 0 Å². The zero-order valence-electron chi connectivity index (χ0n) is 8.57. The largest absolute Gasteiger partial charge is 0.379 e. The van der Waals surface area contributed by atoms with Gasteiger partial charge in [0.1, 0.15) is 11.6 Å². The summed E-state index contributed by atoms with van der Waals surface area (Å²) in [6.45, 7) is 3.71. The van der Waals surface area contributed by atoms with Gasteiger partial charge in [-0.15, -0.1) is 0 Å². The number of hydrogen-bond acceptors (Lipinski definition) is 1. The minimum atomic E-state index is -0.462. The van der Waals surface area contributed by atoms with E-state index < -0.39 is 11.6 Å². The number of rotatable bonds is 3. The van der Waals surface area contributed by atoms with Crippen molar-refractivity contribution in [1.82, 2.24) is 0 Å². The molecule has 15 heavy (non-hydrogen) atoms. The Kier molecular flexibility index (Phi) is 4.09. The number of halogens is 3. The van der Waals surface area contributed by atoms with Gasteiger partial charge in [-0.2, -0.15) is 0 Å². The average molecular weight is 232 g/mol. The minimum Gasteiger partial charge on any atom is -0.379 e. The van der Waals surface area contributed by atoms with E-state index in [1.165, 1.54) is 12.5 Å². The summed E-state index contributed by atoms with van der Waals surface area (Å²) in [4.78, 5) is 0. The molecule has 0 spiro atoms. The first-order valence-electron chi connectivity index (χ1n) is 4.50. The van der Waals surface area contributed by atoms with Crippen LogP contribution in [-0.4, -0.2) is 6.54 Å². The van der Waals surface area contributed by atoms with Gasteiger partial charge in [-0.1, -0.05) is 11.6 Å². The Hall–Kier alpha value is -1.09. The molecule has 0 saturated carbocycles. The molecule has 0 radical (unpaired) electrons. The van der Waals surface area contributed by atoms with Gasteiger partial charge in [0.2, 0.25) is 0 Å². The lowest BCUT2D eigenvalue weighted by atomic mass is 10.2. The Morgan fingerprint density at radius 3 is 2.67 bits per heavy atom. The van der Waals surface area contributed by atoms with Crippen LogP contribution in [0, 0.1) is 18.6 Å². The number of aryl methyl sites for hydroxylation is 1. The summed E-state index contributed by atoms with van der Waals surface area (Å²) in [6.07, 6.45) is 0. The Labute approximate surface area is 92.8 Å². The molecule has 0 amide bonds. The van der Waals surface area contributed by atoms with Gasteiger partial charge in [0.25, 0.3) is 0 Å². The first-order chi connectivity index (χ1) is 7.04. The molecule has 0 unspecified atom stereocenters. The molecule has 0 fully saturated rings. The van der Waals surface area contributed by atoms with Gasteiger partial charge in [0.15, 0.2) is 0 Å². The topological polar surface area (TPSA) is 12.0 Å². The second kappa shape index (κ2) is 5.12. The first kappa shape index (κ1) is 12.0. The standard InChI is InChI=1S/C11H12ClF2N/c1-7(5-12)6-15-11-4-9(13)8(2)3-10(11)14/h3-5,15H,6H2,1-2H3/b7-5-. The van der Waals surface area contributed by atoms with Crippen molar-refractivity contribution in [3.05, 3.63) is 40.4 Å². The predicted octanol–water partition coefficient (Wildman–Crippen LogP) is 3.83. The summed E-state index contributed by atoms with van der Waals surface area (Å²) < 4.78 is 26.4. The van der Waals surface area contributed by atoms with Crippen LogP contribution in [0.4, 0.5) is 14.5 Å². The molecule has 0 aliphatic heterocycles. The van der Waals surface area contributed by atoms with Crippen molar-refractivity contribution in [3.63, 3.8) is 0 Å². The van der Waals surface area contributed by atoms with Gasteiger partial charge < -0.3 is 5.32 Å².